The standard InChI is InChI=1S/C31H47N3O6/c1-22(2)20-27(30(37)32-34(21-23(3)4)28(36)18-17-24(5)35)26(15-11-14-25-12-7-6-8-13-25)31(38)33-40-29-16-9-10-19-39-29/h6-8,11-14,22-23,26-27,29H,9-10,15-21H2,1-5H3,(H,32,37)(H,33,38)/t26-,27+,29?/m0/s1. The Kier molecular flexibility index (Phi) is 14.6. The lowest BCUT2D eigenvalue weighted by Gasteiger charge is -2.31. The van der Waals surface area contributed by atoms with Crippen LogP contribution in [0.2, 0.25) is 0 Å². The van der Waals surface area contributed by atoms with Crippen molar-refractivity contribution in [2.45, 2.75) is 85.9 Å². The Bertz CT molecular complexity index is 973. The largest absolute Gasteiger partial charge is 0.350 e. The van der Waals surface area contributed by atoms with Gasteiger partial charge in [-0.2, -0.15) is 0 Å². The Morgan fingerprint density at radius 1 is 1.00 bits per heavy atom. The maximum Gasteiger partial charge on any atom is 0.247 e. The quantitative estimate of drug-likeness (QED) is 0.299. The minimum Gasteiger partial charge on any atom is -0.350 e. The van der Waals surface area contributed by atoms with E-state index < -0.39 is 29.9 Å². The number of amides is 3. The van der Waals surface area contributed by atoms with E-state index in [-0.39, 0.29) is 36.4 Å². The molecule has 222 valence electrons. The van der Waals surface area contributed by atoms with E-state index in [1.807, 2.05) is 70.2 Å². The molecule has 9 heteroatoms. The number of hydrogen-bond donors (Lipinski definition) is 2. The molecule has 2 N–H and O–H groups in total. The van der Waals surface area contributed by atoms with Crippen LogP contribution in [0.1, 0.15) is 85.1 Å². The highest BCUT2D eigenvalue weighted by molar-refractivity contribution is 5.89. The van der Waals surface area contributed by atoms with E-state index in [1.165, 1.54) is 11.9 Å². The zero-order valence-corrected chi connectivity index (χ0v) is 24.7. The Morgan fingerprint density at radius 2 is 1.73 bits per heavy atom. The van der Waals surface area contributed by atoms with Gasteiger partial charge in [0.25, 0.3) is 0 Å². The summed E-state index contributed by atoms with van der Waals surface area (Å²) in [6.07, 6.45) is 6.72. The molecule has 0 saturated carbocycles. The minimum atomic E-state index is -0.751. The number of ketones is 1. The number of nitrogens with zero attached hydrogens (tertiary/aromatic N) is 1. The second-order valence-corrected chi connectivity index (χ2v) is 11.3. The Labute approximate surface area is 239 Å². The van der Waals surface area contributed by atoms with Gasteiger partial charge in [-0.15, -0.1) is 0 Å². The van der Waals surface area contributed by atoms with E-state index in [4.69, 9.17) is 9.57 Å². The van der Waals surface area contributed by atoms with Gasteiger partial charge in [0.2, 0.25) is 17.7 Å². The number of carbonyl (C=O) groups is 4. The highest BCUT2D eigenvalue weighted by atomic mass is 16.8. The summed E-state index contributed by atoms with van der Waals surface area (Å²) in [4.78, 5) is 57.2. The summed E-state index contributed by atoms with van der Waals surface area (Å²) in [7, 11) is 0. The van der Waals surface area contributed by atoms with Gasteiger partial charge >= 0.3 is 0 Å². The normalized spacial score (nSPS) is 17.0. The van der Waals surface area contributed by atoms with Gasteiger partial charge in [-0.1, -0.05) is 70.2 Å². The van der Waals surface area contributed by atoms with E-state index in [2.05, 4.69) is 10.9 Å². The molecule has 1 aliphatic rings. The molecule has 1 aromatic rings. The lowest BCUT2D eigenvalue weighted by atomic mass is 9.82. The third-order valence-electron chi connectivity index (χ3n) is 6.60. The van der Waals surface area contributed by atoms with Crippen LogP contribution in [0.25, 0.3) is 6.08 Å². The number of rotatable bonds is 15. The van der Waals surface area contributed by atoms with Crippen molar-refractivity contribution >= 4 is 29.6 Å². The molecule has 2 rings (SSSR count). The van der Waals surface area contributed by atoms with E-state index in [0.29, 0.717) is 32.4 Å². The van der Waals surface area contributed by atoms with E-state index >= 15 is 0 Å². The second kappa shape index (κ2) is 17.6. The van der Waals surface area contributed by atoms with Gasteiger partial charge in [0.15, 0.2) is 6.29 Å². The van der Waals surface area contributed by atoms with Crippen LogP contribution in [0, 0.1) is 23.7 Å². The number of nitrogens with one attached hydrogen (secondary N) is 2. The highest BCUT2D eigenvalue weighted by Gasteiger charge is 2.35. The molecule has 40 heavy (non-hydrogen) atoms. The first-order valence-corrected chi connectivity index (χ1v) is 14.5. The van der Waals surface area contributed by atoms with E-state index in [1.54, 1.807) is 0 Å². The molecular weight excluding hydrogens is 510 g/mol. The average molecular weight is 558 g/mol. The third kappa shape index (κ3) is 12.4. The maximum atomic E-state index is 13.8. The van der Waals surface area contributed by atoms with Gasteiger partial charge in [-0.3, -0.25) is 24.8 Å². The van der Waals surface area contributed by atoms with Crippen LogP contribution >= 0.6 is 0 Å². The number of hydrazine groups is 1. The predicted molar refractivity (Wildman–Crippen MR) is 154 cm³/mol. The fraction of sp³-hybridized carbons (Fsp3) is 0.613. The van der Waals surface area contributed by atoms with Gasteiger partial charge in [-0.05, 0) is 50.0 Å². The van der Waals surface area contributed by atoms with Crippen molar-refractivity contribution < 1.29 is 28.8 Å². The molecule has 0 radical (unpaired) electrons. The summed E-state index contributed by atoms with van der Waals surface area (Å²) in [5.74, 6) is -2.53. The zero-order valence-electron chi connectivity index (χ0n) is 24.7. The molecule has 0 aliphatic carbocycles. The Hall–Kier alpha value is -3.04. The topological polar surface area (TPSA) is 114 Å². The molecule has 1 saturated heterocycles. The average Bonchev–Trinajstić information content (AvgIpc) is 2.92. The van der Waals surface area contributed by atoms with Crippen LogP contribution in [0.15, 0.2) is 36.4 Å². The van der Waals surface area contributed by atoms with Crippen molar-refractivity contribution in [3.8, 4) is 0 Å². The monoisotopic (exact) mass is 557 g/mol. The van der Waals surface area contributed by atoms with Crippen LogP contribution in [-0.4, -0.2) is 48.0 Å². The van der Waals surface area contributed by atoms with Crippen LogP contribution in [0.4, 0.5) is 0 Å². The first-order chi connectivity index (χ1) is 19.1. The van der Waals surface area contributed by atoms with Crippen LogP contribution in [0.3, 0.4) is 0 Å². The van der Waals surface area contributed by atoms with Gasteiger partial charge in [-0.25, -0.2) is 10.3 Å². The summed E-state index contributed by atoms with van der Waals surface area (Å²) in [6.45, 7) is 10.2. The number of hydrogen-bond acceptors (Lipinski definition) is 6. The molecular formula is C31H47N3O6. The van der Waals surface area contributed by atoms with Gasteiger partial charge in [0.05, 0.1) is 11.8 Å². The van der Waals surface area contributed by atoms with Crippen molar-refractivity contribution in [3.05, 3.63) is 42.0 Å². The number of Topliss-reactive ketones (excluding diaryl/α,β-unsaturated/α-hetero) is 1. The smallest absolute Gasteiger partial charge is 0.247 e. The summed E-state index contributed by atoms with van der Waals surface area (Å²) < 4.78 is 5.58. The Balaban J connectivity index is 2.27. The lowest BCUT2D eigenvalue weighted by molar-refractivity contribution is -0.203. The molecule has 1 aliphatic heterocycles. The molecule has 1 heterocycles. The summed E-state index contributed by atoms with van der Waals surface area (Å²) >= 11 is 0. The fourth-order valence-electron chi connectivity index (χ4n) is 4.54. The number of allylic oxidation sites excluding steroid dienone is 1. The summed E-state index contributed by atoms with van der Waals surface area (Å²) in [6, 6.07) is 9.72. The number of ether oxygens (including phenoxy) is 1. The number of hydroxylamine groups is 1. The number of carbonyl (C=O) groups excluding carboxylic acids is 4. The van der Waals surface area contributed by atoms with E-state index in [0.717, 1.165) is 18.4 Å². The van der Waals surface area contributed by atoms with Crippen LogP contribution in [0.5, 0.6) is 0 Å². The minimum absolute atomic E-state index is 0.0101. The van der Waals surface area contributed by atoms with Crippen molar-refractivity contribution in [2.75, 3.05) is 13.2 Å². The van der Waals surface area contributed by atoms with Crippen molar-refractivity contribution in [3.63, 3.8) is 0 Å². The highest BCUT2D eigenvalue weighted by Crippen LogP contribution is 2.26. The first kappa shape index (κ1) is 33.2. The second-order valence-electron chi connectivity index (χ2n) is 11.3. The molecule has 3 amide bonds. The molecule has 9 nitrogen and oxygen atoms in total. The molecule has 0 bridgehead atoms. The first-order valence-electron chi connectivity index (χ1n) is 14.5. The maximum absolute atomic E-state index is 13.8. The van der Waals surface area contributed by atoms with Crippen LogP contribution in [-0.2, 0) is 28.8 Å². The molecule has 0 aromatic heterocycles. The third-order valence-corrected chi connectivity index (χ3v) is 6.60. The van der Waals surface area contributed by atoms with Gasteiger partial charge in [0.1, 0.15) is 5.78 Å². The molecule has 1 fully saturated rings. The van der Waals surface area contributed by atoms with Crippen molar-refractivity contribution in [1.82, 2.24) is 15.9 Å². The van der Waals surface area contributed by atoms with Gasteiger partial charge < -0.3 is 9.53 Å². The molecule has 1 unspecified atom stereocenters. The molecule has 1 aromatic carbocycles. The molecule has 3 atom stereocenters. The predicted octanol–water partition coefficient (Wildman–Crippen LogP) is 4.83. The SMILES string of the molecule is CC(=O)CCC(=O)N(CC(C)C)NC(=O)[C@H](CC(C)C)[C@H](CC=Cc1ccccc1)C(=O)NOC1CCCCO1. The fourth-order valence-corrected chi connectivity index (χ4v) is 4.54. The summed E-state index contributed by atoms with van der Waals surface area (Å²) in [5, 5.41) is 1.30. The van der Waals surface area contributed by atoms with Crippen molar-refractivity contribution in [2.24, 2.45) is 23.7 Å². The Morgan fingerprint density at radius 3 is 2.33 bits per heavy atom. The van der Waals surface area contributed by atoms with E-state index in [9.17, 15) is 19.2 Å². The number of benzene rings is 1. The van der Waals surface area contributed by atoms with Crippen molar-refractivity contribution in [1.29, 1.82) is 0 Å². The van der Waals surface area contributed by atoms with Crippen LogP contribution < -0.4 is 10.9 Å². The molecule has 0 spiro atoms. The summed E-state index contributed by atoms with van der Waals surface area (Å²) in [5.41, 5.74) is 6.33. The zero-order chi connectivity index (χ0) is 29.5. The van der Waals surface area contributed by atoms with Gasteiger partial charge in [0, 0.05) is 32.4 Å². The lowest BCUT2D eigenvalue weighted by Crippen LogP contribution is -2.52.